The van der Waals surface area contributed by atoms with Crippen LogP contribution in [-0.2, 0) is 16.3 Å². The quantitative estimate of drug-likeness (QED) is 0.633. The molecule has 0 aliphatic carbocycles. The highest BCUT2D eigenvalue weighted by Gasteiger charge is 2.22. The van der Waals surface area contributed by atoms with E-state index in [0.717, 1.165) is 24.0 Å². The third-order valence-corrected chi connectivity index (χ3v) is 4.29. The van der Waals surface area contributed by atoms with Gasteiger partial charge in [0.25, 0.3) is 0 Å². The van der Waals surface area contributed by atoms with Gasteiger partial charge in [0.1, 0.15) is 0 Å². The van der Waals surface area contributed by atoms with Gasteiger partial charge < -0.3 is 0 Å². The molecule has 1 aliphatic heterocycles. The average molecular weight is 196 g/mol. The maximum atomic E-state index is 11.6. The van der Waals surface area contributed by atoms with Crippen LogP contribution in [0.3, 0.4) is 0 Å². The summed E-state index contributed by atoms with van der Waals surface area (Å²) in [5.74, 6) is 0.309. The van der Waals surface area contributed by atoms with Crippen LogP contribution in [0.1, 0.15) is 17.5 Å². The van der Waals surface area contributed by atoms with Gasteiger partial charge in [-0.2, -0.15) is 0 Å². The second-order valence-electron chi connectivity index (χ2n) is 3.53. The van der Waals surface area contributed by atoms with E-state index in [1.165, 1.54) is 0 Å². The lowest BCUT2D eigenvalue weighted by Crippen LogP contribution is -2.16. The van der Waals surface area contributed by atoms with Crippen LogP contribution in [0.25, 0.3) is 0 Å². The Labute approximate surface area is 78.5 Å². The molecule has 0 saturated carbocycles. The highest BCUT2D eigenvalue weighted by Crippen LogP contribution is 2.25. The first-order chi connectivity index (χ1) is 6.09. The van der Waals surface area contributed by atoms with Gasteiger partial charge in [0, 0.05) is 0 Å². The molecule has 1 aromatic rings. The predicted octanol–water partition coefficient (Wildman–Crippen LogP) is 1.71. The standard InChI is InChI=1S/C10H12O2S/c1-8-4-5-9-3-2-6-13(11,12)10(9)7-8/h4-5,7H,2-3,6H2,1H3. The van der Waals surface area contributed by atoms with Crippen LogP contribution < -0.4 is 0 Å². The summed E-state index contributed by atoms with van der Waals surface area (Å²) < 4.78 is 23.3. The maximum absolute atomic E-state index is 11.6. The van der Waals surface area contributed by atoms with Crippen LogP contribution in [0.2, 0.25) is 0 Å². The highest BCUT2D eigenvalue weighted by molar-refractivity contribution is 7.91. The fraction of sp³-hybridized carbons (Fsp3) is 0.400. The fourth-order valence-electron chi connectivity index (χ4n) is 1.72. The van der Waals surface area contributed by atoms with Crippen LogP contribution in [0, 0.1) is 6.92 Å². The molecular weight excluding hydrogens is 184 g/mol. The number of hydrogen-bond donors (Lipinski definition) is 0. The Hall–Kier alpha value is -0.830. The van der Waals surface area contributed by atoms with Crippen molar-refractivity contribution >= 4 is 9.84 Å². The number of hydrogen-bond acceptors (Lipinski definition) is 2. The smallest absolute Gasteiger partial charge is 0.178 e. The largest absolute Gasteiger partial charge is 0.224 e. The van der Waals surface area contributed by atoms with Crippen molar-refractivity contribution in [2.45, 2.75) is 24.7 Å². The minimum atomic E-state index is -2.96. The second kappa shape index (κ2) is 2.84. The normalized spacial score (nSPS) is 19.5. The summed E-state index contributed by atoms with van der Waals surface area (Å²) in [4.78, 5) is 0.554. The molecule has 1 aromatic carbocycles. The first-order valence-corrected chi connectivity index (χ1v) is 6.07. The van der Waals surface area contributed by atoms with Crippen LogP contribution in [0.15, 0.2) is 23.1 Å². The lowest BCUT2D eigenvalue weighted by molar-refractivity contribution is 0.586. The molecule has 0 unspecified atom stereocenters. The zero-order valence-corrected chi connectivity index (χ0v) is 8.39. The Bertz CT molecular complexity index is 432. The van der Waals surface area contributed by atoms with E-state index in [1.54, 1.807) is 6.07 Å². The predicted molar refractivity (Wildman–Crippen MR) is 51.6 cm³/mol. The zero-order chi connectivity index (χ0) is 9.47. The van der Waals surface area contributed by atoms with Gasteiger partial charge in [0.2, 0.25) is 0 Å². The van der Waals surface area contributed by atoms with Crippen LogP contribution in [0.4, 0.5) is 0 Å². The monoisotopic (exact) mass is 196 g/mol. The SMILES string of the molecule is Cc1ccc2c(c1)S(=O)(=O)CCC2. The fourth-order valence-corrected chi connectivity index (χ4v) is 3.40. The average Bonchev–Trinajstić information content (AvgIpc) is 2.06. The molecule has 1 heterocycles. The lowest BCUT2D eigenvalue weighted by atomic mass is 10.1. The summed E-state index contributed by atoms with van der Waals surface area (Å²) in [6.07, 6.45) is 1.66. The van der Waals surface area contributed by atoms with Crippen LogP contribution in [-0.4, -0.2) is 14.2 Å². The topological polar surface area (TPSA) is 34.1 Å². The van der Waals surface area contributed by atoms with Gasteiger partial charge in [-0.3, -0.25) is 0 Å². The summed E-state index contributed by atoms with van der Waals surface area (Å²) in [7, 11) is -2.96. The van der Waals surface area contributed by atoms with E-state index in [-0.39, 0.29) is 0 Å². The molecule has 0 bridgehead atoms. The summed E-state index contributed by atoms with van der Waals surface area (Å²) in [5.41, 5.74) is 2.00. The molecule has 2 rings (SSSR count). The van der Waals surface area contributed by atoms with Crippen molar-refractivity contribution in [1.82, 2.24) is 0 Å². The van der Waals surface area contributed by atoms with E-state index in [1.807, 2.05) is 19.1 Å². The molecular formula is C10H12O2S. The van der Waals surface area contributed by atoms with Gasteiger partial charge in [0.15, 0.2) is 9.84 Å². The first kappa shape index (κ1) is 8.75. The van der Waals surface area contributed by atoms with E-state index in [9.17, 15) is 8.42 Å². The molecule has 1 aliphatic rings. The third-order valence-electron chi connectivity index (χ3n) is 2.42. The summed E-state index contributed by atoms with van der Waals surface area (Å²) in [6, 6.07) is 5.69. The van der Waals surface area contributed by atoms with Gasteiger partial charge in [-0.25, -0.2) is 8.42 Å². The van der Waals surface area contributed by atoms with Crippen molar-refractivity contribution < 1.29 is 8.42 Å². The van der Waals surface area contributed by atoms with Crippen molar-refractivity contribution in [2.24, 2.45) is 0 Å². The molecule has 0 saturated heterocycles. The minimum Gasteiger partial charge on any atom is -0.224 e. The van der Waals surface area contributed by atoms with E-state index in [4.69, 9.17) is 0 Å². The lowest BCUT2D eigenvalue weighted by Gasteiger charge is -2.16. The van der Waals surface area contributed by atoms with Crippen molar-refractivity contribution in [1.29, 1.82) is 0 Å². The van der Waals surface area contributed by atoms with Crippen LogP contribution in [0.5, 0.6) is 0 Å². The zero-order valence-electron chi connectivity index (χ0n) is 7.58. The molecule has 3 heteroatoms. The van der Waals surface area contributed by atoms with E-state index >= 15 is 0 Å². The summed E-state index contributed by atoms with van der Waals surface area (Å²) in [5, 5.41) is 0. The molecule has 0 atom stereocenters. The maximum Gasteiger partial charge on any atom is 0.178 e. The second-order valence-corrected chi connectivity index (χ2v) is 5.61. The number of aryl methyl sites for hydroxylation is 2. The molecule has 70 valence electrons. The van der Waals surface area contributed by atoms with Crippen molar-refractivity contribution in [3.8, 4) is 0 Å². The van der Waals surface area contributed by atoms with Crippen LogP contribution >= 0.6 is 0 Å². The van der Waals surface area contributed by atoms with Gasteiger partial charge in [-0.15, -0.1) is 0 Å². The molecule has 0 amide bonds. The first-order valence-electron chi connectivity index (χ1n) is 4.42. The number of rotatable bonds is 0. The molecule has 13 heavy (non-hydrogen) atoms. The number of fused-ring (bicyclic) bond motifs is 1. The molecule has 0 fully saturated rings. The molecule has 2 nitrogen and oxygen atoms in total. The van der Waals surface area contributed by atoms with Gasteiger partial charge in [-0.05, 0) is 37.0 Å². The van der Waals surface area contributed by atoms with Crippen molar-refractivity contribution in [3.05, 3.63) is 29.3 Å². The Morgan fingerprint density at radius 3 is 2.85 bits per heavy atom. The Balaban J connectivity index is 2.68. The Morgan fingerprint density at radius 2 is 2.08 bits per heavy atom. The van der Waals surface area contributed by atoms with Gasteiger partial charge in [0.05, 0.1) is 10.6 Å². The van der Waals surface area contributed by atoms with Crippen molar-refractivity contribution in [3.63, 3.8) is 0 Å². The number of benzene rings is 1. The molecule has 0 spiro atoms. The summed E-state index contributed by atoms with van der Waals surface area (Å²) in [6.45, 7) is 1.92. The summed E-state index contributed by atoms with van der Waals surface area (Å²) >= 11 is 0. The van der Waals surface area contributed by atoms with Crippen molar-refractivity contribution in [2.75, 3.05) is 5.75 Å². The molecule has 0 N–H and O–H groups in total. The third kappa shape index (κ3) is 1.48. The Morgan fingerprint density at radius 1 is 1.31 bits per heavy atom. The Kier molecular flexibility index (Phi) is 1.91. The van der Waals surface area contributed by atoms with E-state index < -0.39 is 9.84 Å². The number of sulfone groups is 1. The van der Waals surface area contributed by atoms with Gasteiger partial charge in [-0.1, -0.05) is 12.1 Å². The van der Waals surface area contributed by atoms with E-state index in [0.29, 0.717) is 10.6 Å². The highest BCUT2D eigenvalue weighted by atomic mass is 32.2. The molecule has 0 radical (unpaired) electrons. The van der Waals surface area contributed by atoms with E-state index in [2.05, 4.69) is 0 Å². The van der Waals surface area contributed by atoms with Gasteiger partial charge >= 0.3 is 0 Å². The minimum absolute atomic E-state index is 0.309. The molecule has 0 aromatic heterocycles.